The normalized spacial score (nSPS) is 21.7. The summed E-state index contributed by atoms with van der Waals surface area (Å²) in [6.07, 6.45) is 4.78. The van der Waals surface area contributed by atoms with Gasteiger partial charge in [0.15, 0.2) is 0 Å². The highest BCUT2D eigenvalue weighted by atomic mass is 32.1. The number of ether oxygens (including phenoxy) is 1. The van der Waals surface area contributed by atoms with Crippen molar-refractivity contribution in [2.24, 2.45) is 5.92 Å². The standard InChI is InChI=1S/C19H27N3O3S/c1-5-25-19(24)15-11(3)14-17(23)21-16(22-18(14)26-15)12(4)20-13-8-6-10(2)7-9-13/h10,12-13,20H,5-9H2,1-4H3,(H,21,22,23)/t10?,12-,13?/m1/s1. The van der Waals surface area contributed by atoms with E-state index in [4.69, 9.17) is 4.74 Å². The van der Waals surface area contributed by atoms with Gasteiger partial charge in [-0.25, -0.2) is 9.78 Å². The molecule has 2 heterocycles. The predicted molar refractivity (Wildman–Crippen MR) is 104 cm³/mol. The number of aromatic amines is 1. The Morgan fingerprint density at radius 1 is 1.38 bits per heavy atom. The molecule has 1 aliphatic carbocycles. The highest BCUT2D eigenvalue weighted by Crippen LogP contribution is 2.29. The fourth-order valence-electron chi connectivity index (χ4n) is 3.62. The molecule has 7 heteroatoms. The number of nitrogens with zero attached hydrogens (tertiary/aromatic N) is 1. The Bertz CT molecular complexity index is 850. The summed E-state index contributed by atoms with van der Waals surface area (Å²) in [6, 6.07) is 0.418. The molecule has 1 saturated carbocycles. The molecule has 2 N–H and O–H groups in total. The van der Waals surface area contributed by atoms with Crippen LogP contribution in [0, 0.1) is 12.8 Å². The molecule has 1 atom stereocenters. The third kappa shape index (κ3) is 3.83. The number of nitrogens with one attached hydrogen (secondary N) is 2. The number of fused-ring (bicyclic) bond motifs is 1. The quantitative estimate of drug-likeness (QED) is 0.776. The minimum atomic E-state index is -0.392. The van der Waals surface area contributed by atoms with Crippen molar-refractivity contribution in [2.75, 3.05) is 6.61 Å². The van der Waals surface area contributed by atoms with Crippen LogP contribution in [-0.4, -0.2) is 28.6 Å². The molecule has 3 rings (SSSR count). The lowest BCUT2D eigenvalue weighted by Crippen LogP contribution is -2.35. The zero-order chi connectivity index (χ0) is 18.8. The summed E-state index contributed by atoms with van der Waals surface area (Å²) in [5.41, 5.74) is 0.450. The maximum Gasteiger partial charge on any atom is 0.348 e. The van der Waals surface area contributed by atoms with E-state index in [9.17, 15) is 9.59 Å². The average Bonchev–Trinajstić information content (AvgIpc) is 2.94. The first-order valence-corrected chi connectivity index (χ1v) is 10.2. The number of esters is 1. The van der Waals surface area contributed by atoms with E-state index in [1.165, 1.54) is 24.2 Å². The number of rotatable bonds is 5. The van der Waals surface area contributed by atoms with Crippen LogP contribution in [0.25, 0.3) is 10.2 Å². The molecule has 0 aromatic carbocycles. The van der Waals surface area contributed by atoms with Gasteiger partial charge in [-0.1, -0.05) is 6.92 Å². The van der Waals surface area contributed by atoms with Crippen molar-refractivity contribution in [3.63, 3.8) is 0 Å². The van der Waals surface area contributed by atoms with E-state index in [-0.39, 0.29) is 11.6 Å². The first-order valence-electron chi connectivity index (χ1n) is 9.37. The van der Waals surface area contributed by atoms with Crippen LogP contribution in [0.15, 0.2) is 4.79 Å². The van der Waals surface area contributed by atoms with Crippen molar-refractivity contribution in [2.45, 2.75) is 65.5 Å². The smallest absolute Gasteiger partial charge is 0.348 e. The molecule has 2 aromatic rings. The topological polar surface area (TPSA) is 84.1 Å². The summed E-state index contributed by atoms with van der Waals surface area (Å²) in [5.74, 6) is 1.03. The molecule has 0 saturated heterocycles. The molecule has 0 amide bonds. The molecule has 0 unspecified atom stereocenters. The van der Waals surface area contributed by atoms with Crippen LogP contribution < -0.4 is 10.9 Å². The van der Waals surface area contributed by atoms with Crippen LogP contribution in [0.4, 0.5) is 0 Å². The van der Waals surface area contributed by atoms with Crippen LogP contribution in [0.3, 0.4) is 0 Å². The summed E-state index contributed by atoms with van der Waals surface area (Å²) >= 11 is 1.23. The maximum absolute atomic E-state index is 12.6. The summed E-state index contributed by atoms with van der Waals surface area (Å²) in [5, 5.41) is 4.08. The third-order valence-electron chi connectivity index (χ3n) is 5.19. The highest BCUT2D eigenvalue weighted by Gasteiger charge is 2.23. The molecule has 142 valence electrons. The fourth-order valence-corrected chi connectivity index (χ4v) is 4.70. The lowest BCUT2D eigenvalue weighted by atomic mass is 9.87. The van der Waals surface area contributed by atoms with E-state index in [1.807, 2.05) is 6.92 Å². The Morgan fingerprint density at radius 3 is 2.73 bits per heavy atom. The fraction of sp³-hybridized carbons (Fsp3) is 0.632. The van der Waals surface area contributed by atoms with E-state index < -0.39 is 5.97 Å². The first kappa shape index (κ1) is 19.0. The van der Waals surface area contributed by atoms with Gasteiger partial charge in [-0.2, -0.15) is 0 Å². The van der Waals surface area contributed by atoms with Gasteiger partial charge in [0.05, 0.1) is 18.0 Å². The number of aryl methyl sites for hydroxylation is 1. The second-order valence-corrected chi connectivity index (χ2v) is 8.25. The van der Waals surface area contributed by atoms with Gasteiger partial charge in [-0.15, -0.1) is 11.3 Å². The van der Waals surface area contributed by atoms with Gasteiger partial charge >= 0.3 is 5.97 Å². The minimum absolute atomic E-state index is 0.0426. The molecular weight excluding hydrogens is 350 g/mol. The molecule has 2 aromatic heterocycles. The van der Waals surface area contributed by atoms with Gasteiger partial charge in [0.1, 0.15) is 15.5 Å². The van der Waals surface area contributed by atoms with Crippen molar-refractivity contribution in [3.05, 3.63) is 26.6 Å². The monoisotopic (exact) mass is 377 g/mol. The summed E-state index contributed by atoms with van der Waals surface area (Å²) in [6.45, 7) is 8.17. The summed E-state index contributed by atoms with van der Waals surface area (Å²) < 4.78 is 5.08. The molecule has 0 bridgehead atoms. The molecule has 1 aliphatic rings. The zero-order valence-corrected chi connectivity index (χ0v) is 16.7. The van der Waals surface area contributed by atoms with Crippen molar-refractivity contribution in [1.29, 1.82) is 0 Å². The van der Waals surface area contributed by atoms with Crippen LogP contribution in [0.1, 0.15) is 73.6 Å². The van der Waals surface area contributed by atoms with Gasteiger partial charge < -0.3 is 15.0 Å². The number of aromatic nitrogens is 2. The van der Waals surface area contributed by atoms with E-state index >= 15 is 0 Å². The largest absolute Gasteiger partial charge is 0.462 e. The Morgan fingerprint density at radius 2 is 2.08 bits per heavy atom. The second-order valence-electron chi connectivity index (χ2n) is 7.25. The lowest BCUT2D eigenvalue weighted by Gasteiger charge is -2.29. The van der Waals surface area contributed by atoms with Crippen molar-refractivity contribution in [1.82, 2.24) is 15.3 Å². The lowest BCUT2D eigenvalue weighted by molar-refractivity contribution is 0.0531. The van der Waals surface area contributed by atoms with Gasteiger partial charge in [-0.05, 0) is 57.9 Å². The van der Waals surface area contributed by atoms with Gasteiger partial charge in [-0.3, -0.25) is 4.79 Å². The minimum Gasteiger partial charge on any atom is -0.462 e. The van der Waals surface area contributed by atoms with Crippen LogP contribution >= 0.6 is 11.3 Å². The summed E-state index contributed by atoms with van der Waals surface area (Å²) in [4.78, 5) is 33.3. The number of H-pyrrole nitrogens is 1. The number of carbonyl (C=O) groups excluding carboxylic acids is 1. The van der Waals surface area contributed by atoms with Crippen molar-refractivity contribution in [3.8, 4) is 0 Å². The Labute approximate surface area is 157 Å². The Hall–Kier alpha value is -1.73. The van der Waals surface area contributed by atoms with E-state index in [0.717, 1.165) is 18.8 Å². The SMILES string of the molecule is CCOC(=O)c1sc2nc([C@@H](C)NC3CCC(C)CC3)[nH]c(=O)c2c1C. The van der Waals surface area contributed by atoms with Gasteiger partial charge in [0.25, 0.3) is 5.56 Å². The maximum atomic E-state index is 12.6. The highest BCUT2D eigenvalue weighted by molar-refractivity contribution is 7.20. The van der Waals surface area contributed by atoms with E-state index in [1.54, 1.807) is 13.8 Å². The second kappa shape index (κ2) is 7.88. The van der Waals surface area contributed by atoms with Crippen LogP contribution in [0.5, 0.6) is 0 Å². The molecule has 6 nitrogen and oxygen atoms in total. The molecule has 1 fully saturated rings. The van der Waals surface area contributed by atoms with Crippen molar-refractivity contribution < 1.29 is 9.53 Å². The average molecular weight is 378 g/mol. The molecule has 0 spiro atoms. The number of hydrogen-bond donors (Lipinski definition) is 2. The van der Waals surface area contributed by atoms with Gasteiger partial charge in [0.2, 0.25) is 0 Å². The van der Waals surface area contributed by atoms with E-state index in [0.29, 0.717) is 39.1 Å². The molecule has 0 radical (unpaired) electrons. The molecule has 0 aliphatic heterocycles. The van der Waals surface area contributed by atoms with E-state index in [2.05, 4.69) is 22.2 Å². The Balaban J connectivity index is 1.86. The van der Waals surface area contributed by atoms with Gasteiger partial charge in [0, 0.05) is 6.04 Å². The van der Waals surface area contributed by atoms with Crippen LogP contribution in [-0.2, 0) is 4.74 Å². The molecular formula is C19H27N3O3S. The Kier molecular flexibility index (Phi) is 5.77. The zero-order valence-electron chi connectivity index (χ0n) is 15.8. The van der Waals surface area contributed by atoms with Crippen LogP contribution in [0.2, 0.25) is 0 Å². The number of carbonyl (C=O) groups is 1. The summed E-state index contributed by atoms with van der Waals surface area (Å²) in [7, 11) is 0. The molecule has 26 heavy (non-hydrogen) atoms. The number of thiophene rings is 1. The van der Waals surface area contributed by atoms with Crippen molar-refractivity contribution >= 4 is 27.5 Å². The number of hydrogen-bond acceptors (Lipinski definition) is 6. The first-order chi connectivity index (χ1) is 12.4. The third-order valence-corrected chi connectivity index (χ3v) is 6.36. The predicted octanol–water partition coefficient (Wildman–Crippen LogP) is 3.70.